The summed E-state index contributed by atoms with van der Waals surface area (Å²) in [5.41, 5.74) is 0.574. The molecule has 1 heteroatoms. The van der Waals surface area contributed by atoms with E-state index < -0.39 is 0 Å². The summed E-state index contributed by atoms with van der Waals surface area (Å²) in [6.07, 6.45) is 6.79. The third-order valence-electron chi connectivity index (χ3n) is 2.94. The molecule has 13 heavy (non-hydrogen) atoms. The molecule has 0 aliphatic carbocycles. The maximum Gasteiger partial charge on any atom is 0.00879 e. The van der Waals surface area contributed by atoms with E-state index in [1.54, 1.807) is 0 Å². The van der Waals surface area contributed by atoms with Crippen molar-refractivity contribution in [1.29, 1.82) is 0 Å². The van der Waals surface area contributed by atoms with Crippen molar-refractivity contribution in [3.63, 3.8) is 0 Å². The Morgan fingerprint density at radius 2 is 1.85 bits per heavy atom. The highest BCUT2D eigenvalue weighted by atomic mass is 79.9. The van der Waals surface area contributed by atoms with Crippen molar-refractivity contribution < 1.29 is 0 Å². The molecule has 0 nitrogen and oxygen atoms in total. The minimum absolute atomic E-state index is 0.574. The van der Waals surface area contributed by atoms with Gasteiger partial charge in [-0.2, -0.15) is 0 Å². The topological polar surface area (TPSA) is 0 Å². The average Bonchev–Trinajstić information content (AvgIpc) is 2.12. The lowest BCUT2D eigenvalue weighted by Gasteiger charge is -2.32. The summed E-state index contributed by atoms with van der Waals surface area (Å²) < 4.78 is 0. The van der Waals surface area contributed by atoms with E-state index in [-0.39, 0.29) is 0 Å². The number of alkyl halides is 1. The van der Waals surface area contributed by atoms with Crippen molar-refractivity contribution in [2.45, 2.75) is 59.8 Å². The van der Waals surface area contributed by atoms with E-state index in [1.165, 1.54) is 37.4 Å². The van der Waals surface area contributed by atoms with Crippen LogP contribution in [0.3, 0.4) is 0 Å². The molecule has 0 aromatic rings. The van der Waals surface area contributed by atoms with Crippen LogP contribution in [0.15, 0.2) is 0 Å². The maximum atomic E-state index is 3.69. The van der Waals surface area contributed by atoms with Crippen LogP contribution in [0.1, 0.15) is 59.8 Å². The van der Waals surface area contributed by atoms with Gasteiger partial charge in [-0.15, -0.1) is 0 Å². The molecule has 0 saturated carbocycles. The normalized spacial score (nSPS) is 16.2. The van der Waals surface area contributed by atoms with E-state index in [1.807, 2.05) is 0 Å². The van der Waals surface area contributed by atoms with E-state index in [0.29, 0.717) is 5.41 Å². The van der Waals surface area contributed by atoms with Crippen LogP contribution in [0.4, 0.5) is 0 Å². The van der Waals surface area contributed by atoms with Crippen molar-refractivity contribution >= 4 is 15.9 Å². The Balaban J connectivity index is 4.13. The Morgan fingerprint density at radius 3 is 2.15 bits per heavy atom. The number of hydrogen-bond donors (Lipinski definition) is 0. The van der Waals surface area contributed by atoms with Crippen LogP contribution in [-0.4, -0.2) is 5.33 Å². The molecule has 0 N–H and O–H groups in total. The van der Waals surface area contributed by atoms with Crippen LogP contribution in [0.25, 0.3) is 0 Å². The molecule has 1 atom stereocenters. The monoisotopic (exact) mass is 248 g/mol. The minimum atomic E-state index is 0.574. The summed E-state index contributed by atoms with van der Waals surface area (Å²) in [5.74, 6) is 0.828. The zero-order valence-corrected chi connectivity index (χ0v) is 11.3. The molecule has 0 amide bonds. The van der Waals surface area contributed by atoms with Crippen molar-refractivity contribution in [3.8, 4) is 0 Å². The summed E-state index contributed by atoms with van der Waals surface area (Å²) in [6.45, 7) is 9.28. The highest BCUT2D eigenvalue weighted by Gasteiger charge is 2.26. The van der Waals surface area contributed by atoms with Gasteiger partial charge in [0.25, 0.3) is 0 Å². The molecule has 0 heterocycles. The molecular weight excluding hydrogens is 224 g/mol. The third kappa shape index (κ3) is 5.05. The second-order valence-corrected chi connectivity index (χ2v) is 5.25. The highest BCUT2D eigenvalue weighted by molar-refractivity contribution is 9.09. The Bertz CT molecular complexity index is 114. The van der Waals surface area contributed by atoms with Gasteiger partial charge < -0.3 is 0 Å². The van der Waals surface area contributed by atoms with Gasteiger partial charge in [0, 0.05) is 5.33 Å². The van der Waals surface area contributed by atoms with Gasteiger partial charge in [-0.3, -0.25) is 0 Å². The molecule has 1 unspecified atom stereocenters. The fourth-order valence-electron chi connectivity index (χ4n) is 2.06. The van der Waals surface area contributed by atoms with Gasteiger partial charge in [0.1, 0.15) is 0 Å². The minimum Gasteiger partial charge on any atom is -0.0922 e. The molecule has 0 spiro atoms. The van der Waals surface area contributed by atoms with E-state index in [0.717, 1.165) is 5.92 Å². The Hall–Kier alpha value is 0.480. The van der Waals surface area contributed by atoms with E-state index in [2.05, 4.69) is 43.6 Å². The lowest BCUT2D eigenvalue weighted by atomic mass is 9.76. The zero-order valence-electron chi connectivity index (χ0n) is 9.70. The first-order valence-corrected chi connectivity index (χ1v) is 6.78. The van der Waals surface area contributed by atoms with E-state index in [9.17, 15) is 0 Å². The molecule has 0 aromatic heterocycles. The molecule has 0 aliphatic heterocycles. The molecule has 0 radical (unpaired) electrons. The van der Waals surface area contributed by atoms with Gasteiger partial charge in [-0.25, -0.2) is 0 Å². The van der Waals surface area contributed by atoms with Gasteiger partial charge in [0.2, 0.25) is 0 Å². The van der Waals surface area contributed by atoms with Crippen molar-refractivity contribution in [2.24, 2.45) is 11.3 Å². The van der Waals surface area contributed by atoms with Crippen LogP contribution in [-0.2, 0) is 0 Å². The lowest BCUT2D eigenvalue weighted by Crippen LogP contribution is -2.24. The van der Waals surface area contributed by atoms with E-state index >= 15 is 0 Å². The quantitative estimate of drug-likeness (QED) is 0.556. The smallest absolute Gasteiger partial charge is 0.00879 e. The van der Waals surface area contributed by atoms with Gasteiger partial charge in [-0.1, -0.05) is 56.5 Å². The largest absolute Gasteiger partial charge is 0.0922 e. The van der Waals surface area contributed by atoms with Gasteiger partial charge in [-0.05, 0) is 30.6 Å². The first kappa shape index (κ1) is 13.5. The molecule has 0 aliphatic rings. The fourth-order valence-corrected chi connectivity index (χ4v) is 2.96. The first-order valence-electron chi connectivity index (χ1n) is 5.66. The van der Waals surface area contributed by atoms with Gasteiger partial charge >= 0.3 is 0 Å². The standard InChI is InChI=1S/C12H25Br/c1-5-7-8-12(6-2,10-13)9-11(3)4/h11H,5-10H2,1-4H3. The molecule has 0 rings (SSSR count). The van der Waals surface area contributed by atoms with E-state index in [4.69, 9.17) is 0 Å². The highest BCUT2D eigenvalue weighted by Crippen LogP contribution is 2.37. The van der Waals surface area contributed by atoms with Crippen LogP contribution in [0.5, 0.6) is 0 Å². The number of hydrogen-bond acceptors (Lipinski definition) is 0. The molecule has 80 valence electrons. The first-order chi connectivity index (χ1) is 6.10. The molecule has 0 saturated heterocycles. The van der Waals surface area contributed by atoms with Crippen LogP contribution < -0.4 is 0 Å². The van der Waals surface area contributed by atoms with Crippen LogP contribution in [0, 0.1) is 11.3 Å². The summed E-state index contributed by atoms with van der Waals surface area (Å²) in [5, 5.41) is 1.18. The number of rotatable bonds is 7. The van der Waals surface area contributed by atoms with Crippen molar-refractivity contribution in [2.75, 3.05) is 5.33 Å². The van der Waals surface area contributed by atoms with Crippen LogP contribution in [0.2, 0.25) is 0 Å². The molecule has 0 aromatic carbocycles. The Labute approximate surface area is 92.6 Å². The lowest BCUT2D eigenvalue weighted by molar-refractivity contribution is 0.229. The average molecular weight is 249 g/mol. The fraction of sp³-hybridized carbons (Fsp3) is 1.00. The summed E-state index contributed by atoms with van der Waals surface area (Å²) in [6, 6.07) is 0. The molecular formula is C12H25Br. The number of unbranched alkanes of at least 4 members (excludes halogenated alkanes) is 1. The third-order valence-corrected chi connectivity index (χ3v) is 4.12. The molecule has 0 bridgehead atoms. The molecule has 0 fully saturated rings. The van der Waals surface area contributed by atoms with Gasteiger partial charge in [0.15, 0.2) is 0 Å². The SMILES string of the molecule is CCCCC(CC)(CBr)CC(C)C. The summed E-state index contributed by atoms with van der Waals surface area (Å²) in [4.78, 5) is 0. The second-order valence-electron chi connectivity index (χ2n) is 4.69. The van der Waals surface area contributed by atoms with Crippen molar-refractivity contribution in [3.05, 3.63) is 0 Å². The van der Waals surface area contributed by atoms with Crippen molar-refractivity contribution in [1.82, 2.24) is 0 Å². The van der Waals surface area contributed by atoms with Gasteiger partial charge in [0.05, 0.1) is 0 Å². The summed E-state index contributed by atoms with van der Waals surface area (Å²) in [7, 11) is 0. The summed E-state index contributed by atoms with van der Waals surface area (Å²) >= 11 is 3.69. The number of halogens is 1. The Kier molecular flexibility index (Phi) is 7.12. The Morgan fingerprint density at radius 1 is 1.23 bits per heavy atom. The van der Waals surface area contributed by atoms with Crippen LogP contribution >= 0.6 is 15.9 Å². The zero-order chi connectivity index (χ0) is 10.3. The second kappa shape index (κ2) is 6.86. The predicted molar refractivity (Wildman–Crippen MR) is 65.5 cm³/mol. The predicted octanol–water partition coefficient (Wildman–Crippen LogP) is 5.01. The maximum absolute atomic E-state index is 3.69.